The van der Waals surface area contributed by atoms with Gasteiger partial charge in [0.2, 0.25) is 0 Å². The number of rotatable bonds is 4. The zero-order valence-electron chi connectivity index (χ0n) is 11.2. The van der Waals surface area contributed by atoms with Crippen molar-refractivity contribution >= 4 is 0 Å². The summed E-state index contributed by atoms with van der Waals surface area (Å²) >= 11 is 0. The van der Waals surface area contributed by atoms with E-state index in [1.807, 2.05) is 18.2 Å². The first-order valence-corrected chi connectivity index (χ1v) is 6.65. The van der Waals surface area contributed by atoms with E-state index in [4.69, 9.17) is 15.2 Å². The molecule has 0 amide bonds. The number of hydrogen-bond acceptors (Lipinski definition) is 3. The Balaban J connectivity index is 2.07. The predicted octanol–water partition coefficient (Wildman–Crippen LogP) is 3.10. The number of ether oxygens (including phenoxy) is 2. The molecular weight excluding hydrogens is 226 g/mol. The molecule has 1 atom stereocenters. The van der Waals surface area contributed by atoms with Crippen molar-refractivity contribution in [3.8, 4) is 11.5 Å². The molecule has 1 aromatic carbocycles. The minimum atomic E-state index is 0.0320. The number of hydrogen-bond donors (Lipinski definition) is 1. The molecule has 0 saturated heterocycles. The number of benzene rings is 1. The highest BCUT2D eigenvalue weighted by Gasteiger charge is 2.14. The highest BCUT2D eigenvalue weighted by atomic mass is 16.5. The van der Waals surface area contributed by atoms with Gasteiger partial charge in [0.1, 0.15) is 0 Å². The molecule has 0 saturated carbocycles. The van der Waals surface area contributed by atoms with Gasteiger partial charge in [-0.25, -0.2) is 0 Å². The zero-order valence-corrected chi connectivity index (χ0v) is 11.2. The van der Waals surface area contributed by atoms with E-state index in [9.17, 15) is 0 Å². The van der Waals surface area contributed by atoms with Crippen LogP contribution in [-0.4, -0.2) is 13.2 Å². The van der Waals surface area contributed by atoms with Crippen LogP contribution in [0.4, 0.5) is 0 Å². The maximum Gasteiger partial charge on any atom is 0.161 e. The zero-order chi connectivity index (χ0) is 13.0. The Morgan fingerprint density at radius 1 is 1.22 bits per heavy atom. The molecule has 0 fully saturated rings. The van der Waals surface area contributed by atoms with E-state index in [1.165, 1.54) is 0 Å². The Morgan fingerprint density at radius 2 is 1.94 bits per heavy atom. The van der Waals surface area contributed by atoms with Crippen molar-refractivity contribution in [3.63, 3.8) is 0 Å². The summed E-state index contributed by atoms with van der Waals surface area (Å²) in [5.74, 6) is 2.22. The van der Waals surface area contributed by atoms with Gasteiger partial charge >= 0.3 is 0 Å². The Labute approximate surface area is 109 Å². The second kappa shape index (κ2) is 6.10. The van der Waals surface area contributed by atoms with Crippen LogP contribution in [-0.2, 0) is 0 Å². The average molecular weight is 248 g/mol. The summed E-state index contributed by atoms with van der Waals surface area (Å²) < 4.78 is 11.3. The summed E-state index contributed by atoms with van der Waals surface area (Å²) in [5, 5.41) is 0. The van der Waals surface area contributed by atoms with Crippen molar-refractivity contribution in [2.45, 2.75) is 32.7 Å². The SMILES string of the molecule is CC(C)[CH]CC(N)c1ccc2c(c1)OCCCO2. The third-order valence-corrected chi connectivity index (χ3v) is 3.06. The second-order valence-corrected chi connectivity index (χ2v) is 5.08. The topological polar surface area (TPSA) is 44.5 Å². The van der Waals surface area contributed by atoms with Crippen molar-refractivity contribution in [1.82, 2.24) is 0 Å². The van der Waals surface area contributed by atoms with Crippen LogP contribution in [0.25, 0.3) is 0 Å². The fourth-order valence-corrected chi connectivity index (χ4v) is 1.97. The van der Waals surface area contributed by atoms with Crippen LogP contribution in [0.1, 0.15) is 38.3 Å². The van der Waals surface area contributed by atoms with Gasteiger partial charge in [0.25, 0.3) is 0 Å². The lowest BCUT2D eigenvalue weighted by atomic mass is 9.98. The lowest BCUT2D eigenvalue weighted by Gasteiger charge is -2.15. The minimum Gasteiger partial charge on any atom is -0.490 e. The molecule has 2 N–H and O–H groups in total. The van der Waals surface area contributed by atoms with E-state index in [0.29, 0.717) is 12.5 Å². The molecule has 3 nitrogen and oxygen atoms in total. The normalized spacial score (nSPS) is 16.4. The van der Waals surface area contributed by atoms with Gasteiger partial charge in [-0.3, -0.25) is 0 Å². The Hall–Kier alpha value is -1.22. The fraction of sp³-hybridized carbons (Fsp3) is 0.533. The molecule has 2 rings (SSSR count). The van der Waals surface area contributed by atoms with Gasteiger partial charge in [0, 0.05) is 12.5 Å². The van der Waals surface area contributed by atoms with Crippen LogP contribution < -0.4 is 15.2 Å². The van der Waals surface area contributed by atoms with E-state index in [0.717, 1.165) is 36.5 Å². The average Bonchev–Trinajstić information content (AvgIpc) is 2.60. The van der Waals surface area contributed by atoms with Crippen molar-refractivity contribution in [3.05, 3.63) is 30.2 Å². The van der Waals surface area contributed by atoms with Crippen LogP contribution in [0.5, 0.6) is 11.5 Å². The van der Waals surface area contributed by atoms with E-state index < -0.39 is 0 Å². The first kappa shape index (κ1) is 13.2. The first-order chi connectivity index (χ1) is 8.66. The van der Waals surface area contributed by atoms with E-state index in [-0.39, 0.29) is 6.04 Å². The third kappa shape index (κ3) is 3.39. The molecule has 1 aliphatic heterocycles. The van der Waals surface area contributed by atoms with E-state index >= 15 is 0 Å². The molecule has 3 heteroatoms. The molecule has 99 valence electrons. The number of fused-ring (bicyclic) bond motifs is 1. The Kier molecular flexibility index (Phi) is 4.48. The molecule has 1 aliphatic rings. The van der Waals surface area contributed by atoms with E-state index in [1.54, 1.807) is 0 Å². The van der Waals surface area contributed by atoms with Gasteiger partial charge in [0.05, 0.1) is 13.2 Å². The highest BCUT2D eigenvalue weighted by molar-refractivity contribution is 5.44. The lowest BCUT2D eigenvalue weighted by Crippen LogP contribution is -2.11. The monoisotopic (exact) mass is 248 g/mol. The highest BCUT2D eigenvalue weighted by Crippen LogP contribution is 2.32. The molecule has 0 aliphatic carbocycles. The molecule has 18 heavy (non-hydrogen) atoms. The van der Waals surface area contributed by atoms with Gasteiger partial charge in [-0.05, 0) is 36.5 Å². The minimum absolute atomic E-state index is 0.0320. The third-order valence-electron chi connectivity index (χ3n) is 3.06. The van der Waals surface area contributed by atoms with Crippen molar-refractivity contribution in [2.24, 2.45) is 11.7 Å². The van der Waals surface area contributed by atoms with Gasteiger partial charge in [-0.1, -0.05) is 19.9 Å². The summed E-state index contributed by atoms with van der Waals surface area (Å²) in [7, 11) is 0. The molecule has 0 bridgehead atoms. The Morgan fingerprint density at radius 3 is 2.67 bits per heavy atom. The Bertz CT molecular complexity index is 390. The summed E-state index contributed by atoms with van der Waals surface area (Å²) in [5.41, 5.74) is 7.30. The van der Waals surface area contributed by atoms with Crippen LogP contribution in [0.15, 0.2) is 18.2 Å². The smallest absolute Gasteiger partial charge is 0.161 e. The molecule has 1 radical (unpaired) electrons. The summed E-state index contributed by atoms with van der Waals surface area (Å²) in [6.07, 6.45) is 4.06. The van der Waals surface area contributed by atoms with E-state index in [2.05, 4.69) is 20.3 Å². The molecule has 1 unspecified atom stereocenters. The quantitative estimate of drug-likeness (QED) is 0.890. The first-order valence-electron chi connectivity index (χ1n) is 6.65. The molecular formula is C15H22NO2. The van der Waals surface area contributed by atoms with Crippen LogP contribution in [0, 0.1) is 12.3 Å². The van der Waals surface area contributed by atoms with Gasteiger partial charge in [-0.15, -0.1) is 0 Å². The van der Waals surface area contributed by atoms with Crippen LogP contribution >= 0.6 is 0 Å². The lowest BCUT2D eigenvalue weighted by molar-refractivity contribution is 0.297. The summed E-state index contributed by atoms with van der Waals surface area (Å²) in [4.78, 5) is 0. The van der Waals surface area contributed by atoms with Crippen LogP contribution in [0.2, 0.25) is 0 Å². The van der Waals surface area contributed by atoms with Crippen molar-refractivity contribution < 1.29 is 9.47 Å². The van der Waals surface area contributed by atoms with Gasteiger partial charge in [0.15, 0.2) is 11.5 Å². The summed E-state index contributed by atoms with van der Waals surface area (Å²) in [6, 6.07) is 6.04. The standard InChI is InChI=1S/C15H22NO2/c1-11(2)4-6-13(16)12-5-7-14-15(10-12)18-9-3-8-17-14/h4-5,7,10-11,13H,3,6,8-9,16H2,1-2H3. The van der Waals surface area contributed by atoms with Crippen molar-refractivity contribution in [1.29, 1.82) is 0 Å². The number of nitrogens with two attached hydrogens (primary N) is 1. The van der Waals surface area contributed by atoms with Crippen molar-refractivity contribution in [2.75, 3.05) is 13.2 Å². The fourth-order valence-electron chi connectivity index (χ4n) is 1.97. The molecule has 0 aromatic heterocycles. The maximum atomic E-state index is 6.19. The largest absolute Gasteiger partial charge is 0.490 e. The van der Waals surface area contributed by atoms with Crippen LogP contribution in [0.3, 0.4) is 0 Å². The molecule has 1 heterocycles. The summed E-state index contributed by atoms with van der Waals surface area (Å²) in [6.45, 7) is 5.77. The second-order valence-electron chi connectivity index (χ2n) is 5.08. The van der Waals surface area contributed by atoms with Gasteiger partial charge < -0.3 is 15.2 Å². The molecule has 0 spiro atoms. The maximum absolute atomic E-state index is 6.19. The van der Waals surface area contributed by atoms with Gasteiger partial charge in [-0.2, -0.15) is 0 Å². The molecule has 1 aromatic rings. The predicted molar refractivity (Wildman–Crippen MR) is 72.7 cm³/mol.